The molecule has 0 aromatic carbocycles. The van der Waals surface area contributed by atoms with E-state index in [1.807, 2.05) is 6.07 Å². The minimum Gasteiger partial charge on any atom is -0.372 e. The van der Waals surface area contributed by atoms with Gasteiger partial charge in [-0.1, -0.05) is 0 Å². The van der Waals surface area contributed by atoms with Crippen LogP contribution < -0.4 is 5.32 Å². The van der Waals surface area contributed by atoms with Gasteiger partial charge in [0.2, 0.25) is 0 Å². The number of carbonyl (C=O) groups excluding carboxylic acids is 1. The van der Waals surface area contributed by atoms with Crippen molar-refractivity contribution in [1.29, 1.82) is 5.26 Å². The van der Waals surface area contributed by atoms with Crippen LogP contribution in [-0.4, -0.2) is 36.4 Å². The van der Waals surface area contributed by atoms with Gasteiger partial charge < -0.3 is 10.2 Å². The number of halogens is 1. The van der Waals surface area contributed by atoms with E-state index in [0.717, 1.165) is 12.3 Å². The second kappa shape index (κ2) is 5.80. The molecular weight excluding hydrogens is 223 g/mol. The third-order valence-electron chi connectivity index (χ3n) is 2.23. The Morgan fingerprint density at radius 3 is 3.00 bits per heavy atom. The van der Waals surface area contributed by atoms with Crippen molar-refractivity contribution < 1.29 is 9.18 Å². The van der Waals surface area contributed by atoms with Crippen LogP contribution >= 0.6 is 0 Å². The van der Waals surface area contributed by atoms with Crippen molar-refractivity contribution >= 4 is 11.7 Å². The number of carbonyl (C=O) groups is 1. The molecule has 90 valence electrons. The molecule has 0 aliphatic rings. The average molecular weight is 236 g/mol. The first kappa shape index (κ1) is 12.9. The maximum atomic E-state index is 13.0. The van der Waals surface area contributed by atoms with Crippen molar-refractivity contribution in [2.45, 2.75) is 6.42 Å². The Morgan fingerprint density at radius 2 is 2.41 bits per heavy atom. The molecule has 1 aromatic heterocycles. The Morgan fingerprint density at radius 1 is 1.71 bits per heavy atom. The topological polar surface area (TPSA) is 69.0 Å². The summed E-state index contributed by atoms with van der Waals surface area (Å²) >= 11 is 0. The zero-order valence-corrected chi connectivity index (χ0v) is 9.70. The van der Waals surface area contributed by atoms with Crippen molar-refractivity contribution in [3.05, 3.63) is 23.6 Å². The van der Waals surface area contributed by atoms with Crippen LogP contribution in [0.1, 0.15) is 16.8 Å². The fourth-order valence-corrected chi connectivity index (χ4v) is 1.33. The van der Waals surface area contributed by atoms with Crippen LogP contribution in [0.4, 0.5) is 10.2 Å². The zero-order chi connectivity index (χ0) is 12.8. The Bertz CT molecular complexity index is 455. The minimum atomic E-state index is -0.568. The van der Waals surface area contributed by atoms with E-state index < -0.39 is 5.82 Å². The molecule has 0 aliphatic heterocycles. The van der Waals surface area contributed by atoms with E-state index in [0.29, 0.717) is 12.4 Å². The normalized spacial score (nSPS) is 9.53. The molecule has 17 heavy (non-hydrogen) atoms. The fourth-order valence-electron chi connectivity index (χ4n) is 1.33. The van der Waals surface area contributed by atoms with Crippen LogP contribution in [0.3, 0.4) is 0 Å². The summed E-state index contributed by atoms with van der Waals surface area (Å²) in [6.07, 6.45) is 1.28. The van der Waals surface area contributed by atoms with Gasteiger partial charge in [-0.3, -0.25) is 4.79 Å². The lowest BCUT2D eigenvalue weighted by atomic mass is 10.2. The molecule has 0 fully saturated rings. The standard InChI is InChI=1S/C11H13FN4O/c1-14-10-9(6-8(12)7-15-10)11(17)16(2)5-3-4-13/h6-7H,3,5H2,1-2H3,(H,14,15). The van der Waals surface area contributed by atoms with E-state index in [-0.39, 0.29) is 17.9 Å². The molecule has 0 saturated heterocycles. The smallest absolute Gasteiger partial charge is 0.257 e. The Balaban J connectivity index is 2.95. The first-order valence-corrected chi connectivity index (χ1v) is 5.06. The summed E-state index contributed by atoms with van der Waals surface area (Å²) in [5.41, 5.74) is 0.160. The number of pyridine rings is 1. The van der Waals surface area contributed by atoms with Crippen molar-refractivity contribution in [3.63, 3.8) is 0 Å². The maximum absolute atomic E-state index is 13.0. The molecule has 0 aliphatic carbocycles. The lowest BCUT2D eigenvalue weighted by Crippen LogP contribution is -2.28. The molecular formula is C11H13FN4O. The molecule has 0 atom stereocenters. The lowest BCUT2D eigenvalue weighted by molar-refractivity contribution is 0.0798. The fraction of sp³-hybridized carbons (Fsp3) is 0.364. The highest BCUT2D eigenvalue weighted by Gasteiger charge is 2.17. The maximum Gasteiger partial charge on any atom is 0.257 e. The number of hydrogen-bond donors (Lipinski definition) is 1. The molecule has 0 saturated carbocycles. The van der Waals surface area contributed by atoms with Crippen LogP contribution in [0, 0.1) is 17.1 Å². The quantitative estimate of drug-likeness (QED) is 0.854. The van der Waals surface area contributed by atoms with Crippen LogP contribution in [0.2, 0.25) is 0 Å². The molecule has 0 bridgehead atoms. The van der Waals surface area contributed by atoms with Gasteiger partial charge >= 0.3 is 0 Å². The summed E-state index contributed by atoms with van der Waals surface area (Å²) in [7, 11) is 3.16. The summed E-state index contributed by atoms with van der Waals surface area (Å²) < 4.78 is 13.0. The highest BCUT2D eigenvalue weighted by Crippen LogP contribution is 2.15. The zero-order valence-electron chi connectivity index (χ0n) is 9.70. The van der Waals surface area contributed by atoms with E-state index in [1.54, 1.807) is 14.1 Å². The first-order valence-electron chi connectivity index (χ1n) is 5.06. The molecule has 6 heteroatoms. The Kier molecular flexibility index (Phi) is 4.40. The third-order valence-corrected chi connectivity index (χ3v) is 2.23. The molecule has 1 heterocycles. The van der Waals surface area contributed by atoms with E-state index in [2.05, 4.69) is 10.3 Å². The van der Waals surface area contributed by atoms with Gasteiger partial charge in [0.25, 0.3) is 5.91 Å². The number of aromatic nitrogens is 1. The summed E-state index contributed by atoms with van der Waals surface area (Å²) in [5.74, 6) is -0.613. The van der Waals surface area contributed by atoms with E-state index in [1.165, 1.54) is 4.90 Å². The predicted octanol–water partition coefficient (Wildman–Crippen LogP) is 1.25. The molecule has 0 spiro atoms. The SMILES string of the molecule is CNc1ncc(F)cc1C(=O)N(C)CCC#N. The number of rotatable bonds is 4. The predicted molar refractivity (Wildman–Crippen MR) is 60.9 cm³/mol. The average Bonchev–Trinajstić information content (AvgIpc) is 2.34. The molecule has 1 rings (SSSR count). The molecule has 0 unspecified atom stereocenters. The second-order valence-corrected chi connectivity index (χ2v) is 3.43. The van der Waals surface area contributed by atoms with Crippen molar-refractivity contribution in [3.8, 4) is 6.07 Å². The first-order chi connectivity index (χ1) is 8.10. The monoisotopic (exact) mass is 236 g/mol. The van der Waals surface area contributed by atoms with Gasteiger partial charge in [0.1, 0.15) is 11.6 Å². The summed E-state index contributed by atoms with van der Waals surface area (Å²) in [5, 5.41) is 11.2. The summed E-state index contributed by atoms with van der Waals surface area (Å²) in [6, 6.07) is 3.07. The van der Waals surface area contributed by atoms with Crippen molar-refractivity contribution in [2.75, 3.05) is 26.0 Å². The Hall–Kier alpha value is -2.16. The number of amides is 1. The second-order valence-electron chi connectivity index (χ2n) is 3.43. The van der Waals surface area contributed by atoms with Gasteiger partial charge in [0.05, 0.1) is 24.3 Å². The lowest BCUT2D eigenvalue weighted by Gasteiger charge is -2.17. The van der Waals surface area contributed by atoms with Crippen molar-refractivity contribution in [1.82, 2.24) is 9.88 Å². The minimum absolute atomic E-state index is 0.160. The summed E-state index contributed by atoms with van der Waals surface area (Å²) in [6.45, 7) is 0.301. The van der Waals surface area contributed by atoms with Crippen LogP contribution in [-0.2, 0) is 0 Å². The van der Waals surface area contributed by atoms with Gasteiger partial charge in [-0.2, -0.15) is 5.26 Å². The third kappa shape index (κ3) is 3.14. The van der Waals surface area contributed by atoms with Gasteiger partial charge in [-0.15, -0.1) is 0 Å². The molecule has 1 N–H and O–H groups in total. The van der Waals surface area contributed by atoms with Gasteiger partial charge in [0, 0.05) is 20.6 Å². The molecule has 5 nitrogen and oxygen atoms in total. The van der Waals surface area contributed by atoms with Crippen LogP contribution in [0.15, 0.2) is 12.3 Å². The molecule has 0 radical (unpaired) electrons. The van der Waals surface area contributed by atoms with E-state index in [9.17, 15) is 9.18 Å². The number of nitrogens with zero attached hydrogens (tertiary/aromatic N) is 3. The van der Waals surface area contributed by atoms with Gasteiger partial charge in [-0.05, 0) is 6.07 Å². The molecule has 1 aromatic rings. The van der Waals surface area contributed by atoms with E-state index in [4.69, 9.17) is 5.26 Å². The highest BCUT2D eigenvalue weighted by molar-refractivity contribution is 5.98. The Labute approximate surface area is 98.9 Å². The highest BCUT2D eigenvalue weighted by atomic mass is 19.1. The summed E-state index contributed by atoms with van der Waals surface area (Å²) in [4.78, 5) is 17.1. The largest absolute Gasteiger partial charge is 0.372 e. The van der Waals surface area contributed by atoms with Gasteiger partial charge in [-0.25, -0.2) is 9.37 Å². The number of nitriles is 1. The van der Waals surface area contributed by atoms with Crippen molar-refractivity contribution in [2.24, 2.45) is 0 Å². The number of anilines is 1. The van der Waals surface area contributed by atoms with Crippen LogP contribution in [0.5, 0.6) is 0 Å². The number of nitrogens with one attached hydrogen (secondary N) is 1. The molecule has 1 amide bonds. The van der Waals surface area contributed by atoms with Gasteiger partial charge in [0.15, 0.2) is 0 Å². The number of hydrogen-bond acceptors (Lipinski definition) is 4. The van der Waals surface area contributed by atoms with E-state index >= 15 is 0 Å². The van der Waals surface area contributed by atoms with Crippen LogP contribution in [0.25, 0.3) is 0 Å².